The second-order valence-corrected chi connectivity index (χ2v) is 6.31. The van der Waals surface area contributed by atoms with Crippen molar-refractivity contribution in [2.45, 2.75) is 13.8 Å². The summed E-state index contributed by atoms with van der Waals surface area (Å²) in [6, 6.07) is 14.8. The lowest BCUT2D eigenvalue weighted by molar-refractivity contribution is -0.111. The minimum Gasteiger partial charge on any atom is -0.424 e. The van der Waals surface area contributed by atoms with Crippen molar-refractivity contribution in [1.29, 1.82) is 0 Å². The lowest BCUT2D eigenvalue weighted by Crippen LogP contribution is -2.09. The fourth-order valence-corrected chi connectivity index (χ4v) is 2.79. The first-order chi connectivity index (χ1) is 13.0. The van der Waals surface area contributed by atoms with Gasteiger partial charge in [-0.05, 0) is 60.9 Å². The number of hydrogen-bond donors (Lipinski definition) is 1. The van der Waals surface area contributed by atoms with Gasteiger partial charge >= 0.3 is 6.01 Å². The maximum Gasteiger partial charge on any atom is 0.321 e. The van der Waals surface area contributed by atoms with Crippen LogP contribution in [0.4, 0.5) is 5.69 Å². The van der Waals surface area contributed by atoms with Crippen molar-refractivity contribution in [2.24, 2.45) is 0 Å². The summed E-state index contributed by atoms with van der Waals surface area (Å²) in [6.45, 7) is 3.74. The molecule has 0 spiro atoms. The van der Waals surface area contributed by atoms with Crippen LogP contribution in [0, 0.1) is 6.92 Å². The fourth-order valence-electron chi connectivity index (χ4n) is 2.51. The first kappa shape index (κ1) is 18.6. The Hall–Kier alpha value is -3.18. The van der Waals surface area contributed by atoms with E-state index >= 15 is 0 Å². The molecule has 0 aliphatic rings. The number of carbonyl (C=O) groups excluding carboxylic acids is 1. The second-order valence-electron chi connectivity index (χ2n) is 5.91. The summed E-state index contributed by atoms with van der Waals surface area (Å²) in [5, 5.41) is 3.49. The zero-order chi connectivity index (χ0) is 19.2. The summed E-state index contributed by atoms with van der Waals surface area (Å²) < 4.78 is 5.59. The van der Waals surface area contributed by atoms with Gasteiger partial charge in [-0.3, -0.25) is 4.79 Å². The summed E-state index contributed by atoms with van der Waals surface area (Å²) in [6.07, 6.45) is 4.75. The molecule has 5 nitrogen and oxygen atoms in total. The summed E-state index contributed by atoms with van der Waals surface area (Å²) in [5.41, 5.74) is 3.18. The number of hydrogen-bond acceptors (Lipinski definition) is 4. The predicted molar refractivity (Wildman–Crippen MR) is 107 cm³/mol. The molecule has 27 heavy (non-hydrogen) atoms. The number of allylic oxidation sites excluding steroid dienone is 1. The van der Waals surface area contributed by atoms with Crippen molar-refractivity contribution in [3.8, 4) is 11.8 Å². The number of benzene rings is 2. The highest BCUT2D eigenvalue weighted by Crippen LogP contribution is 2.25. The van der Waals surface area contributed by atoms with Crippen molar-refractivity contribution in [2.75, 3.05) is 5.32 Å². The van der Waals surface area contributed by atoms with Gasteiger partial charge < -0.3 is 10.1 Å². The van der Waals surface area contributed by atoms with Crippen LogP contribution in [0.25, 0.3) is 5.57 Å². The van der Waals surface area contributed by atoms with Gasteiger partial charge in [0, 0.05) is 29.2 Å². The Bertz CT molecular complexity index is 988. The maximum absolute atomic E-state index is 12.4. The molecule has 0 unspecified atom stereocenters. The summed E-state index contributed by atoms with van der Waals surface area (Å²) >= 11 is 6.18. The molecule has 0 aliphatic carbocycles. The van der Waals surface area contributed by atoms with Gasteiger partial charge in [0.25, 0.3) is 0 Å². The van der Waals surface area contributed by atoms with Gasteiger partial charge in [-0.25, -0.2) is 9.97 Å². The molecule has 0 bridgehead atoms. The van der Waals surface area contributed by atoms with Crippen molar-refractivity contribution >= 4 is 28.8 Å². The van der Waals surface area contributed by atoms with Gasteiger partial charge in [0.15, 0.2) is 0 Å². The van der Waals surface area contributed by atoms with Crippen LogP contribution in [0.5, 0.6) is 11.8 Å². The van der Waals surface area contributed by atoms with Gasteiger partial charge in [0.05, 0.1) is 0 Å². The average molecular weight is 380 g/mol. The first-order valence-electron chi connectivity index (χ1n) is 8.32. The number of ether oxygens (including phenoxy) is 1. The number of aryl methyl sites for hydroxylation is 1. The molecule has 1 amide bonds. The molecule has 0 saturated heterocycles. The quantitative estimate of drug-likeness (QED) is 0.613. The molecule has 1 N–H and O–H groups in total. The molecule has 0 radical (unpaired) electrons. The number of rotatable bonds is 5. The van der Waals surface area contributed by atoms with Crippen molar-refractivity contribution in [3.05, 3.63) is 83.2 Å². The molecule has 0 fully saturated rings. The van der Waals surface area contributed by atoms with Crippen LogP contribution in [0.1, 0.15) is 18.1 Å². The van der Waals surface area contributed by atoms with Crippen LogP contribution >= 0.6 is 11.6 Å². The lowest BCUT2D eigenvalue weighted by atomic mass is 10.1. The third-order valence-electron chi connectivity index (χ3n) is 3.85. The molecule has 136 valence electrons. The third-order valence-corrected chi connectivity index (χ3v) is 4.18. The number of aromatic nitrogens is 2. The highest BCUT2D eigenvalue weighted by molar-refractivity contribution is 6.32. The number of amides is 1. The van der Waals surface area contributed by atoms with E-state index in [1.807, 2.05) is 38.1 Å². The van der Waals surface area contributed by atoms with Crippen LogP contribution in [-0.4, -0.2) is 15.9 Å². The number of nitrogens with one attached hydrogen (secondary N) is 1. The van der Waals surface area contributed by atoms with Crippen LogP contribution in [0.2, 0.25) is 5.02 Å². The molecule has 2 aromatic carbocycles. The second kappa shape index (κ2) is 8.47. The van der Waals surface area contributed by atoms with E-state index in [0.717, 1.165) is 16.7 Å². The number of carbonyl (C=O) groups is 1. The van der Waals surface area contributed by atoms with Gasteiger partial charge in [-0.2, -0.15) is 0 Å². The van der Waals surface area contributed by atoms with Gasteiger partial charge in [0.2, 0.25) is 5.91 Å². The summed E-state index contributed by atoms with van der Waals surface area (Å²) in [7, 11) is 0. The molecule has 1 aromatic heterocycles. The SMILES string of the molecule is CC(=CC(=O)Nc1ccc(Oc2ncccn2)cc1C)c1ccccc1Cl. The fraction of sp³-hybridized carbons (Fsp3) is 0.0952. The van der Waals surface area contributed by atoms with Crippen molar-refractivity contribution in [1.82, 2.24) is 9.97 Å². The minimum atomic E-state index is -0.226. The summed E-state index contributed by atoms with van der Waals surface area (Å²) in [5.74, 6) is 0.370. The number of anilines is 1. The van der Waals surface area contributed by atoms with E-state index < -0.39 is 0 Å². The Balaban J connectivity index is 1.71. The van der Waals surface area contributed by atoms with E-state index in [4.69, 9.17) is 16.3 Å². The standard InChI is InChI=1S/C21H18ClN3O2/c1-14(17-6-3-4-7-18(17)22)13-20(26)25-19-9-8-16(12-15(19)2)27-21-23-10-5-11-24-21/h3-13H,1-2H3,(H,25,26). The Morgan fingerprint density at radius 3 is 2.56 bits per heavy atom. The normalized spacial score (nSPS) is 11.1. The van der Waals surface area contributed by atoms with Crippen LogP contribution in [0.15, 0.2) is 67.0 Å². The van der Waals surface area contributed by atoms with E-state index in [-0.39, 0.29) is 11.9 Å². The molecule has 0 atom stereocenters. The monoisotopic (exact) mass is 379 g/mol. The topological polar surface area (TPSA) is 64.1 Å². The van der Waals surface area contributed by atoms with Crippen LogP contribution in [0.3, 0.4) is 0 Å². The summed E-state index contributed by atoms with van der Waals surface area (Å²) in [4.78, 5) is 20.4. The van der Waals surface area contributed by atoms with E-state index in [2.05, 4.69) is 15.3 Å². The van der Waals surface area contributed by atoms with E-state index in [1.54, 1.807) is 36.7 Å². The zero-order valence-corrected chi connectivity index (χ0v) is 15.7. The van der Waals surface area contributed by atoms with Gasteiger partial charge in [-0.1, -0.05) is 29.8 Å². The first-order valence-corrected chi connectivity index (χ1v) is 8.70. The lowest BCUT2D eigenvalue weighted by Gasteiger charge is -2.10. The number of halogens is 1. The Labute approximate surface area is 162 Å². The van der Waals surface area contributed by atoms with Crippen LogP contribution in [-0.2, 0) is 4.79 Å². The molecular formula is C21H18ClN3O2. The van der Waals surface area contributed by atoms with Gasteiger partial charge in [-0.15, -0.1) is 0 Å². The molecule has 0 aliphatic heterocycles. The van der Waals surface area contributed by atoms with E-state index in [0.29, 0.717) is 16.5 Å². The zero-order valence-electron chi connectivity index (χ0n) is 14.9. The molecule has 0 saturated carbocycles. The van der Waals surface area contributed by atoms with Crippen molar-refractivity contribution in [3.63, 3.8) is 0 Å². The number of nitrogens with zero attached hydrogens (tertiary/aromatic N) is 2. The third kappa shape index (κ3) is 4.92. The molecule has 3 rings (SSSR count). The maximum atomic E-state index is 12.4. The Kier molecular flexibility index (Phi) is 5.84. The molecule has 1 heterocycles. The Morgan fingerprint density at radius 1 is 1.11 bits per heavy atom. The van der Waals surface area contributed by atoms with E-state index in [1.165, 1.54) is 6.08 Å². The van der Waals surface area contributed by atoms with Crippen molar-refractivity contribution < 1.29 is 9.53 Å². The molecular weight excluding hydrogens is 362 g/mol. The molecule has 6 heteroatoms. The largest absolute Gasteiger partial charge is 0.424 e. The van der Waals surface area contributed by atoms with Crippen LogP contribution < -0.4 is 10.1 Å². The predicted octanol–water partition coefficient (Wildman–Crippen LogP) is 5.27. The average Bonchev–Trinajstić information content (AvgIpc) is 2.65. The Morgan fingerprint density at radius 2 is 1.85 bits per heavy atom. The van der Waals surface area contributed by atoms with E-state index in [9.17, 15) is 4.79 Å². The molecule has 3 aromatic rings. The minimum absolute atomic E-state index is 0.226. The highest BCUT2D eigenvalue weighted by atomic mass is 35.5. The highest BCUT2D eigenvalue weighted by Gasteiger charge is 2.08. The van der Waals surface area contributed by atoms with Gasteiger partial charge in [0.1, 0.15) is 5.75 Å². The smallest absolute Gasteiger partial charge is 0.321 e.